The van der Waals surface area contributed by atoms with Crippen molar-refractivity contribution in [2.24, 2.45) is 0 Å². The number of carbonyl (C=O) groups excluding carboxylic acids is 1. The average Bonchev–Trinajstić information content (AvgIpc) is 2.46. The molecular formula is C14H20N2O2. The Balaban J connectivity index is 2.02. The predicted octanol–water partition coefficient (Wildman–Crippen LogP) is 0.876. The van der Waals surface area contributed by atoms with Crippen LogP contribution >= 0.6 is 0 Å². The standard InChI is InChI=1S/C14H20N2O2/c1-3-11-9-13(15-10-12(11)4-2)14(17)16-5-7-18-8-6-16/h3-4,13,15H,1-2,5-10H2. The Morgan fingerprint density at radius 2 is 1.94 bits per heavy atom. The highest BCUT2D eigenvalue weighted by Crippen LogP contribution is 2.19. The Bertz CT molecular complexity index is 381. The second kappa shape index (κ2) is 5.98. The molecule has 4 heteroatoms. The zero-order valence-electron chi connectivity index (χ0n) is 10.7. The maximum absolute atomic E-state index is 12.3. The first-order valence-electron chi connectivity index (χ1n) is 6.33. The maximum atomic E-state index is 12.3. The molecule has 18 heavy (non-hydrogen) atoms. The monoisotopic (exact) mass is 248 g/mol. The largest absolute Gasteiger partial charge is 0.378 e. The second-order valence-electron chi connectivity index (χ2n) is 4.53. The number of nitrogens with one attached hydrogen (secondary N) is 1. The lowest BCUT2D eigenvalue weighted by molar-refractivity contribution is -0.137. The van der Waals surface area contributed by atoms with Gasteiger partial charge in [-0.3, -0.25) is 4.79 Å². The summed E-state index contributed by atoms with van der Waals surface area (Å²) in [5.74, 6) is 0.167. The van der Waals surface area contributed by atoms with Crippen LogP contribution in [0.4, 0.5) is 0 Å². The smallest absolute Gasteiger partial charge is 0.240 e. The van der Waals surface area contributed by atoms with Gasteiger partial charge in [0, 0.05) is 19.6 Å². The molecule has 1 unspecified atom stereocenters. The lowest BCUT2D eigenvalue weighted by Crippen LogP contribution is -2.52. The average molecular weight is 248 g/mol. The molecule has 1 atom stereocenters. The summed E-state index contributed by atoms with van der Waals surface area (Å²) in [4.78, 5) is 14.2. The highest BCUT2D eigenvalue weighted by molar-refractivity contribution is 5.83. The van der Waals surface area contributed by atoms with Crippen molar-refractivity contribution in [2.45, 2.75) is 12.5 Å². The second-order valence-corrected chi connectivity index (χ2v) is 4.53. The van der Waals surface area contributed by atoms with Gasteiger partial charge >= 0.3 is 0 Å². The summed E-state index contributed by atoms with van der Waals surface area (Å²) < 4.78 is 5.26. The summed E-state index contributed by atoms with van der Waals surface area (Å²) in [6, 6.07) is -0.139. The van der Waals surface area contributed by atoms with E-state index in [0.717, 1.165) is 11.1 Å². The zero-order chi connectivity index (χ0) is 13.0. The van der Waals surface area contributed by atoms with Gasteiger partial charge < -0.3 is 15.0 Å². The first-order chi connectivity index (χ1) is 8.76. The van der Waals surface area contributed by atoms with Crippen molar-refractivity contribution < 1.29 is 9.53 Å². The molecule has 98 valence electrons. The van der Waals surface area contributed by atoms with Crippen molar-refractivity contribution >= 4 is 5.91 Å². The fourth-order valence-corrected chi connectivity index (χ4v) is 2.37. The number of rotatable bonds is 3. The van der Waals surface area contributed by atoms with Gasteiger partial charge in [-0.15, -0.1) is 0 Å². The number of carbonyl (C=O) groups is 1. The van der Waals surface area contributed by atoms with E-state index in [1.165, 1.54) is 0 Å². The molecule has 0 spiro atoms. The molecule has 0 aromatic heterocycles. The van der Waals surface area contributed by atoms with Crippen molar-refractivity contribution in [3.05, 3.63) is 36.5 Å². The van der Waals surface area contributed by atoms with E-state index in [0.29, 0.717) is 39.3 Å². The summed E-state index contributed by atoms with van der Waals surface area (Å²) in [6.45, 7) is 10.9. The Labute approximate surface area is 108 Å². The summed E-state index contributed by atoms with van der Waals surface area (Å²) in [5, 5.41) is 3.27. The van der Waals surface area contributed by atoms with Crippen LogP contribution in [0.25, 0.3) is 0 Å². The van der Waals surface area contributed by atoms with E-state index in [-0.39, 0.29) is 11.9 Å². The van der Waals surface area contributed by atoms with Crippen LogP contribution in [0.2, 0.25) is 0 Å². The lowest BCUT2D eigenvalue weighted by Gasteiger charge is -2.33. The molecule has 2 heterocycles. The van der Waals surface area contributed by atoms with Gasteiger partial charge in [0.2, 0.25) is 5.91 Å². The van der Waals surface area contributed by atoms with Gasteiger partial charge in [-0.1, -0.05) is 25.3 Å². The molecular weight excluding hydrogens is 228 g/mol. The minimum absolute atomic E-state index is 0.139. The van der Waals surface area contributed by atoms with E-state index in [1.807, 2.05) is 17.1 Å². The molecule has 1 saturated heterocycles. The van der Waals surface area contributed by atoms with Gasteiger partial charge in [0.1, 0.15) is 0 Å². The molecule has 4 nitrogen and oxygen atoms in total. The molecule has 1 N–H and O–H groups in total. The molecule has 0 aliphatic carbocycles. The maximum Gasteiger partial charge on any atom is 0.240 e. The quantitative estimate of drug-likeness (QED) is 0.806. The third kappa shape index (κ3) is 2.71. The molecule has 0 radical (unpaired) electrons. The van der Waals surface area contributed by atoms with E-state index in [9.17, 15) is 4.79 Å². The molecule has 2 aliphatic heterocycles. The summed E-state index contributed by atoms with van der Waals surface area (Å²) in [7, 11) is 0. The van der Waals surface area contributed by atoms with Crippen molar-refractivity contribution in [2.75, 3.05) is 32.8 Å². The van der Waals surface area contributed by atoms with Crippen molar-refractivity contribution in [3.8, 4) is 0 Å². The SMILES string of the molecule is C=CC1=C(C=C)CC(C(=O)N2CCOCC2)NC1. The van der Waals surface area contributed by atoms with E-state index in [2.05, 4.69) is 18.5 Å². The van der Waals surface area contributed by atoms with E-state index in [1.54, 1.807) is 0 Å². The van der Waals surface area contributed by atoms with Crippen LogP contribution in [-0.2, 0) is 9.53 Å². The van der Waals surface area contributed by atoms with Gasteiger partial charge in [-0.2, -0.15) is 0 Å². The van der Waals surface area contributed by atoms with Gasteiger partial charge in [-0.25, -0.2) is 0 Å². The minimum Gasteiger partial charge on any atom is -0.378 e. The summed E-state index contributed by atoms with van der Waals surface area (Å²) in [5.41, 5.74) is 2.26. The lowest BCUT2D eigenvalue weighted by atomic mass is 9.95. The Hall–Kier alpha value is -1.39. The third-order valence-electron chi connectivity index (χ3n) is 3.49. The third-order valence-corrected chi connectivity index (χ3v) is 3.49. The fraction of sp³-hybridized carbons (Fsp3) is 0.500. The van der Waals surface area contributed by atoms with Crippen LogP contribution in [0.5, 0.6) is 0 Å². The van der Waals surface area contributed by atoms with Gasteiger partial charge in [0.25, 0.3) is 0 Å². The topological polar surface area (TPSA) is 41.6 Å². The molecule has 0 bridgehead atoms. The van der Waals surface area contributed by atoms with Crippen LogP contribution in [-0.4, -0.2) is 49.7 Å². The molecule has 2 aliphatic rings. The number of hydrogen-bond donors (Lipinski definition) is 1. The number of hydrogen-bond acceptors (Lipinski definition) is 3. The van der Waals surface area contributed by atoms with Crippen LogP contribution < -0.4 is 5.32 Å². The van der Waals surface area contributed by atoms with Crippen LogP contribution in [0.1, 0.15) is 6.42 Å². The normalized spacial score (nSPS) is 24.9. The Morgan fingerprint density at radius 1 is 1.28 bits per heavy atom. The van der Waals surface area contributed by atoms with E-state index in [4.69, 9.17) is 4.74 Å². The number of nitrogens with zero attached hydrogens (tertiary/aromatic N) is 1. The molecule has 2 rings (SSSR count). The number of amides is 1. The van der Waals surface area contributed by atoms with Crippen LogP contribution in [0, 0.1) is 0 Å². The Morgan fingerprint density at radius 3 is 2.56 bits per heavy atom. The molecule has 1 fully saturated rings. The fourth-order valence-electron chi connectivity index (χ4n) is 2.37. The van der Waals surface area contributed by atoms with Gasteiger partial charge in [-0.05, 0) is 17.6 Å². The van der Waals surface area contributed by atoms with Crippen molar-refractivity contribution in [1.29, 1.82) is 0 Å². The number of ether oxygens (including phenoxy) is 1. The molecule has 0 saturated carbocycles. The van der Waals surface area contributed by atoms with Crippen LogP contribution in [0.3, 0.4) is 0 Å². The van der Waals surface area contributed by atoms with E-state index >= 15 is 0 Å². The summed E-state index contributed by atoms with van der Waals surface area (Å²) in [6.07, 6.45) is 4.36. The van der Waals surface area contributed by atoms with Crippen molar-refractivity contribution in [3.63, 3.8) is 0 Å². The van der Waals surface area contributed by atoms with Crippen LogP contribution in [0.15, 0.2) is 36.5 Å². The van der Waals surface area contributed by atoms with Gasteiger partial charge in [0.15, 0.2) is 0 Å². The number of morpholine rings is 1. The first-order valence-corrected chi connectivity index (χ1v) is 6.33. The highest BCUT2D eigenvalue weighted by Gasteiger charge is 2.28. The molecule has 1 amide bonds. The zero-order valence-corrected chi connectivity index (χ0v) is 10.7. The Kier molecular flexibility index (Phi) is 4.33. The first kappa shape index (κ1) is 13.1. The van der Waals surface area contributed by atoms with Gasteiger partial charge in [0.05, 0.1) is 19.3 Å². The molecule has 0 aromatic rings. The van der Waals surface area contributed by atoms with Crippen molar-refractivity contribution in [1.82, 2.24) is 10.2 Å². The molecule has 0 aromatic carbocycles. The predicted molar refractivity (Wildman–Crippen MR) is 71.2 cm³/mol. The number of allylic oxidation sites excluding steroid dienone is 1. The highest BCUT2D eigenvalue weighted by atomic mass is 16.5. The minimum atomic E-state index is -0.139. The van der Waals surface area contributed by atoms with E-state index < -0.39 is 0 Å². The summed E-state index contributed by atoms with van der Waals surface area (Å²) >= 11 is 0.